The zero-order chi connectivity index (χ0) is 22.3. The Morgan fingerprint density at radius 2 is 1.97 bits per heavy atom. The Kier molecular flexibility index (Phi) is 5.33. The van der Waals surface area contributed by atoms with Crippen LogP contribution in [0.25, 0.3) is 0 Å². The van der Waals surface area contributed by atoms with Gasteiger partial charge < -0.3 is 9.64 Å². The maximum atomic E-state index is 13.4. The molecule has 162 valence electrons. The minimum absolute atomic E-state index is 0.209. The average molecular weight is 433 g/mol. The van der Waals surface area contributed by atoms with E-state index in [2.05, 4.69) is 21.8 Å². The van der Waals surface area contributed by atoms with Crippen LogP contribution in [0.15, 0.2) is 30.7 Å². The highest BCUT2D eigenvalue weighted by atomic mass is 19.3. The molecule has 4 rings (SSSR count). The average Bonchev–Trinajstić information content (AvgIpc) is 3.09. The summed E-state index contributed by atoms with van der Waals surface area (Å²) in [6, 6.07) is 2.24. The standard InChI is InChI=1S/C22H19F4N3O2/c1-22(2,20(25)26)21(30)29-11-14-7-17(29)15-10-27-9-13(18(15)31-14)5-3-12-4-6-16(19(23)24)28-8-12/h4,6,8-10,14,17,19-20H,7,11H2,1-2H3/t14-,17-/m0/s1. The number of likely N-dealkylation sites (tertiary alicyclic amines) is 1. The molecule has 9 heteroatoms. The smallest absolute Gasteiger partial charge is 0.280 e. The molecule has 0 spiro atoms. The molecule has 31 heavy (non-hydrogen) atoms. The van der Waals surface area contributed by atoms with Gasteiger partial charge in [0.05, 0.1) is 18.2 Å². The van der Waals surface area contributed by atoms with Crippen LogP contribution >= 0.6 is 0 Å². The lowest BCUT2D eigenvalue weighted by atomic mass is 9.91. The summed E-state index contributed by atoms with van der Waals surface area (Å²) in [4.78, 5) is 22.1. The summed E-state index contributed by atoms with van der Waals surface area (Å²) in [6.45, 7) is 2.68. The Morgan fingerprint density at radius 3 is 2.61 bits per heavy atom. The van der Waals surface area contributed by atoms with Crippen molar-refractivity contribution in [2.24, 2.45) is 5.41 Å². The number of amides is 1. The minimum atomic E-state index is -2.79. The molecule has 2 aliphatic rings. The maximum Gasteiger partial charge on any atom is 0.280 e. The first kappa shape index (κ1) is 21.1. The number of carbonyl (C=O) groups excluding carboxylic acids is 1. The Hall–Kier alpha value is -3.15. The zero-order valence-corrected chi connectivity index (χ0v) is 16.8. The Balaban J connectivity index is 1.63. The summed E-state index contributed by atoms with van der Waals surface area (Å²) in [6.07, 6.45) is -0.957. The molecule has 1 saturated heterocycles. The number of rotatable bonds is 3. The van der Waals surface area contributed by atoms with Gasteiger partial charge in [0.25, 0.3) is 12.9 Å². The van der Waals surface area contributed by atoms with Crippen molar-refractivity contribution in [1.82, 2.24) is 14.9 Å². The summed E-state index contributed by atoms with van der Waals surface area (Å²) in [5, 5.41) is 0. The third-order valence-electron chi connectivity index (χ3n) is 5.54. The van der Waals surface area contributed by atoms with E-state index in [1.165, 1.54) is 43.3 Å². The summed E-state index contributed by atoms with van der Waals surface area (Å²) < 4.78 is 58.1. The molecule has 4 heterocycles. The summed E-state index contributed by atoms with van der Waals surface area (Å²) in [7, 11) is 0. The topological polar surface area (TPSA) is 55.3 Å². The second-order valence-electron chi connectivity index (χ2n) is 8.10. The third kappa shape index (κ3) is 3.82. The van der Waals surface area contributed by atoms with Gasteiger partial charge in [0.15, 0.2) is 0 Å². The molecule has 0 N–H and O–H groups in total. The van der Waals surface area contributed by atoms with Crippen molar-refractivity contribution in [3.8, 4) is 17.6 Å². The number of aromatic nitrogens is 2. The Labute approximate surface area is 176 Å². The van der Waals surface area contributed by atoms with Gasteiger partial charge in [-0.3, -0.25) is 14.8 Å². The van der Waals surface area contributed by atoms with Crippen molar-refractivity contribution < 1.29 is 27.1 Å². The van der Waals surface area contributed by atoms with E-state index in [0.717, 1.165) is 0 Å². The van der Waals surface area contributed by atoms with Crippen LogP contribution in [0.4, 0.5) is 17.6 Å². The van der Waals surface area contributed by atoms with E-state index >= 15 is 0 Å². The monoisotopic (exact) mass is 433 g/mol. The molecule has 0 aromatic carbocycles. The normalized spacial score (nSPS) is 19.7. The van der Waals surface area contributed by atoms with E-state index in [9.17, 15) is 22.4 Å². The Bertz CT molecular complexity index is 1060. The van der Waals surface area contributed by atoms with Gasteiger partial charge in [-0.1, -0.05) is 11.8 Å². The predicted octanol–water partition coefficient (Wildman–Crippen LogP) is 4.14. The second kappa shape index (κ2) is 7.84. The number of fused-ring (bicyclic) bond motifs is 4. The zero-order valence-electron chi connectivity index (χ0n) is 16.8. The van der Waals surface area contributed by atoms with E-state index in [0.29, 0.717) is 28.9 Å². The lowest BCUT2D eigenvalue weighted by Gasteiger charge is -2.32. The molecule has 0 unspecified atom stereocenters. The minimum Gasteiger partial charge on any atom is -0.487 e. The fourth-order valence-electron chi connectivity index (χ4n) is 3.70. The van der Waals surface area contributed by atoms with E-state index < -0.39 is 30.2 Å². The van der Waals surface area contributed by atoms with Crippen molar-refractivity contribution in [3.63, 3.8) is 0 Å². The van der Waals surface area contributed by atoms with E-state index in [1.807, 2.05) is 0 Å². The predicted molar refractivity (Wildman–Crippen MR) is 103 cm³/mol. The highest BCUT2D eigenvalue weighted by Crippen LogP contribution is 2.46. The fraction of sp³-hybridized carbons (Fsp3) is 0.409. The van der Waals surface area contributed by atoms with Gasteiger partial charge in [0.2, 0.25) is 5.91 Å². The lowest BCUT2D eigenvalue weighted by Crippen LogP contribution is -2.44. The molecule has 1 fully saturated rings. The highest BCUT2D eigenvalue weighted by Gasteiger charge is 2.49. The third-order valence-corrected chi connectivity index (χ3v) is 5.54. The Morgan fingerprint density at radius 1 is 1.19 bits per heavy atom. The van der Waals surface area contributed by atoms with E-state index in [4.69, 9.17) is 4.74 Å². The van der Waals surface area contributed by atoms with Crippen LogP contribution in [0.2, 0.25) is 0 Å². The molecule has 1 amide bonds. The number of pyridine rings is 2. The van der Waals surface area contributed by atoms with Crippen LogP contribution in [-0.2, 0) is 4.79 Å². The molecule has 2 bridgehead atoms. The number of halogens is 4. The molecular formula is C22H19F4N3O2. The fourth-order valence-corrected chi connectivity index (χ4v) is 3.70. The molecular weight excluding hydrogens is 414 g/mol. The number of hydrogen-bond donors (Lipinski definition) is 0. The number of carbonyl (C=O) groups is 1. The van der Waals surface area contributed by atoms with E-state index in [1.54, 1.807) is 6.20 Å². The van der Waals surface area contributed by atoms with Gasteiger partial charge in [0.1, 0.15) is 23.0 Å². The summed E-state index contributed by atoms with van der Waals surface area (Å²) in [5.74, 6) is 5.59. The van der Waals surface area contributed by atoms with E-state index in [-0.39, 0.29) is 18.3 Å². The molecule has 5 nitrogen and oxygen atoms in total. The van der Waals surface area contributed by atoms with Crippen LogP contribution in [0.5, 0.6) is 5.75 Å². The summed E-state index contributed by atoms with van der Waals surface area (Å²) >= 11 is 0. The van der Waals surface area contributed by atoms with Gasteiger partial charge in [-0.2, -0.15) is 0 Å². The molecule has 2 atom stereocenters. The number of alkyl halides is 4. The van der Waals surface area contributed by atoms with Crippen molar-refractivity contribution >= 4 is 5.91 Å². The molecule has 0 radical (unpaired) electrons. The van der Waals surface area contributed by atoms with Crippen LogP contribution in [-0.4, -0.2) is 39.8 Å². The quantitative estimate of drug-likeness (QED) is 0.539. The van der Waals surface area contributed by atoms with Gasteiger partial charge in [-0.25, -0.2) is 17.6 Å². The first-order valence-electron chi connectivity index (χ1n) is 9.68. The van der Waals surface area contributed by atoms with Crippen LogP contribution in [0.1, 0.15) is 55.1 Å². The maximum absolute atomic E-state index is 13.4. The molecule has 2 aromatic heterocycles. The molecule has 2 aromatic rings. The second-order valence-corrected chi connectivity index (χ2v) is 8.10. The SMILES string of the molecule is CC(C)(C(=O)N1C[C@@H]2C[C@H]1c1cncc(C#Cc3ccc(C(F)F)nc3)c1O2)C(F)F. The van der Waals surface area contributed by atoms with Crippen LogP contribution in [0, 0.1) is 17.3 Å². The van der Waals surface area contributed by atoms with Gasteiger partial charge in [0, 0.05) is 36.1 Å². The summed E-state index contributed by atoms with van der Waals surface area (Å²) in [5.41, 5.74) is -0.616. The van der Waals surface area contributed by atoms with Crippen molar-refractivity contribution in [2.75, 3.05) is 6.54 Å². The van der Waals surface area contributed by atoms with Crippen molar-refractivity contribution in [2.45, 2.75) is 45.3 Å². The molecule has 2 aliphatic heterocycles. The van der Waals surface area contributed by atoms with Crippen LogP contribution < -0.4 is 4.74 Å². The van der Waals surface area contributed by atoms with Crippen molar-refractivity contribution in [1.29, 1.82) is 0 Å². The van der Waals surface area contributed by atoms with Gasteiger partial charge in [-0.15, -0.1) is 0 Å². The van der Waals surface area contributed by atoms with Gasteiger partial charge >= 0.3 is 0 Å². The molecule has 0 saturated carbocycles. The lowest BCUT2D eigenvalue weighted by molar-refractivity contribution is -0.149. The van der Waals surface area contributed by atoms with Crippen molar-refractivity contribution in [3.05, 3.63) is 53.1 Å². The van der Waals surface area contributed by atoms with Crippen LogP contribution in [0.3, 0.4) is 0 Å². The van der Waals surface area contributed by atoms with Gasteiger partial charge in [-0.05, 0) is 26.0 Å². The highest BCUT2D eigenvalue weighted by molar-refractivity contribution is 5.83. The first-order chi connectivity index (χ1) is 14.7. The first-order valence-corrected chi connectivity index (χ1v) is 9.68. The number of hydrogen-bond acceptors (Lipinski definition) is 4. The molecule has 0 aliphatic carbocycles. The largest absolute Gasteiger partial charge is 0.487 e. The number of ether oxygens (including phenoxy) is 1. The number of nitrogens with zero attached hydrogens (tertiary/aromatic N) is 3.